The van der Waals surface area contributed by atoms with Gasteiger partial charge in [-0.15, -0.1) is 0 Å². The van der Waals surface area contributed by atoms with Crippen LogP contribution < -0.4 is 15.4 Å². The average molecular weight is 357 g/mol. The van der Waals surface area contributed by atoms with E-state index in [0.29, 0.717) is 18.2 Å². The molecular formula is C21H28N2OS. The minimum atomic E-state index is 0.101. The molecule has 2 N–H and O–H groups in total. The van der Waals surface area contributed by atoms with Gasteiger partial charge >= 0.3 is 0 Å². The first-order valence-electron chi connectivity index (χ1n) is 8.54. The van der Waals surface area contributed by atoms with Crippen LogP contribution >= 0.6 is 12.2 Å². The SMILES string of the molecule is COc1cc(C(C)(C)C)ccc1CNC(=S)NCc1ccc(C)cc1. The summed E-state index contributed by atoms with van der Waals surface area (Å²) in [6, 6.07) is 14.8. The van der Waals surface area contributed by atoms with E-state index in [2.05, 4.69) is 80.8 Å². The highest BCUT2D eigenvalue weighted by molar-refractivity contribution is 7.80. The average Bonchev–Trinajstić information content (AvgIpc) is 2.58. The molecule has 2 aromatic rings. The summed E-state index contributed by atoms with van der Waals surface area (Å²) >= 11 is 5.38. The fourth-order valence-corrected chi connectivity index (χ4v) is 2.63. The molecule has 0 spiro atoms. The monoisotopic (exact) mass is 356 g/mol. The van der Waals surface area contributed by atoms with Crippen molar-refractivity contribution in [1.29, 1.82) is 0 Å². The molecule has 25 heavy (non-hydrogen) atoms. The molecule has 0 heterocycles. The van der Waals surface area contributed by atoms with E-state index in [1.54, 1.807) is 7.11 Å². The van der Waals surface area contributed by atoms with Crippen LogP contribution in [0.2, 0.25) is 0 Å². The summed E-state index contributed by atoms with van der Waals surface area (Å²) in [6.45, 7) is 10.0. The molecule has 0 fully saturated rings. The maximum absolute atomic E-state index is 5.55. The number of nitrogens with one attached hydrogen (secondary N) is 2. The largest absolute Gasteiger partial charge is 0.496 e. The van der Waals surface area contributed by atoms with E-state index < -0.39 is 0 Å². The van der Waals surface area contributed by atoms with Crippen LogP contribution in [0.15, 0.2) is 42.5 Å². The van der Waals surface area contributed by atoms with Crippen molar-refractivity contribution in [1.82, 2.24) is 10.6 Å². The molecule has 0 atom stereocenters. The molecule has 0 aliphatic rings. The quantitative estimate of drug-likeness (QED) is 0.775. The van der Waals surface area contributed by atoms with Gasteiger partial charge in [0.2, 0.25) is 0 Å². The summed E-state index contributed by atoms with van der Waals surface area (Å²) in [5.74, 6) is 0.890. The third-order valence-electron chi connectivity index (χ3n) is 4.17. The van der Waals surface area contributed by atoms with E-state index in [0.717, 1.165) is 11.3 Å². The number of benzene rings is 2. The lowest BCUT2D eigenvalue weighted by Gasteiger charge is -2.21. The number of rotatable bonds is 5. The molecular weight excluding hydrogens is 328 g/mol. The summed E-state index contributed by atoms with van der Waals surface area (Å²) in [7, 11) is 1.71. The summed E-state index contributed by atoms with van der Waals surface area (Å²) < 4.78 is 5.55. The van der Waals surface area contributed by atoms with Crippen molar-refractivity contribution in [2.45, 2.75) is 46.2 Å². The maximum Gasteiger partial charge on any atom is 0.166 e. The van der Waals surface area contributed by atoms with E-state index in [-0.39, 0.29) is 5.41 Å². The van der Waals surface area contributed by atoms with Gasteiger partial charge in [0, 0.05) is 18.7 Å². The highest BCUT2D eigenvalue weighted by Gasteiger charge is 2.16. The van der Waals surface area contributed by atoms with E-state index >= 15 is 0 Å². The van der Waals surface area contributed by atoms with Crippen LogP contribution in [0.4, 0.5) is 0 Å². The lowest BCUT2D eigenvalue weighted by Crippen LogP contribution is -2.34. The van der Waals surface area contributed by atoms with E-state index in [1.807, 2.05) is 0 Å². The van der Waals surface area contributed by atoms with Crippen LogP contribution in [0.25, 0.3) is 0 Å². The number of thiocarbonyl (C=S) groups is 1. The van der Waals surface area contributed by atoms with Crippen molar-refractivity contribution in [3.05, 3.63) is 64.7 Å². The van der Waals surface area contributed by atoms with Crippen molar-refractivity contribution >= 4 is 17.3 Å². The summed E-state index contributed by atoms with van der Waals surface area (Å²) in [6.07, 6.45) is 0. The predicted octanol–water partition coefficient (Wildman–Crippen LogP) is 4.47. The Labute approximate surface area is 156 Å². The van der Waals surface area contributed by atoms with Crippen molar-refractivity contribution in [2.24, 2.45) is 0 Å². The molecule has 2 rings (SSSR count). The Bertz CT molecular complexity index is 718. The molecule has 0 saturated carbocycles. The number of aryl methyl sites for hydroxylation is 1. The first-order valence-corrected chi connectivity index (χ1v) is 8.95. The summed E-state index contributed by atoms with van der Waals surface area (Å²) in [5.41, 5.74) is 4.92. The second kappa shape index (κ2) is 8.34. The zero-order valence-corrected chi connectivity index (χ0v) is 16.6. The van der Waals surface area contributed by atoms with E-state index in [1.165, 1.54) is 16.7 Å². The number of hydrogen-bond donors (Lipinski definition) is 2. The first kappa shape index (κ1) is 19.3. The van der Waals surface area contributed by atoms with Gasteiger partial charge in [0.15, 0.2) is 5.11 Å². The Morgan fingerprint density at radius 2 is 1.64 bits per heavy atom. The molecule has 0 aliphatic carbocycles. The Hall–Kier alpha value is -2.07. The summed E-state index contributed by atoms with van der Waals surface area (Å²) in [5, 5.41) is 7.14. The van der Waals surface area contributed by atoms with Crippen molar-refractivity contribution < 1.29 is 4.74 Å². The van der Waals surface area contributed by atoms with Crippen molar-refractivity contribution in [3.63, 3.8) is 0 Å². The second-order valence-electron chi connectivity index (χ2n) is 7.30. The highest BCUT2D eigenvalue weighted by Crippen LogP contribution is 2.28. The molecule has 3 nitrogen and oxygen atoms in total. The number of hydrogen-bond acceptors (Lipinski definition) is 2. The van der Waals surface area contributed by atoms with Gasteiger partial charge in [-0.25, -0.2) is 0 Å². The second-order valence-corrected chi connectivity index (χ2v) is 7.71. The number of methoxy groups -OCH3 is 1. The Morgan fingerprint density at radius 3 is 2.24 bits per heavy atom. The normalized spacial score (nSPS) is 11.1. The molecule has 0 aliphatic heterocycles. The van der Waals surface area contributed by atoms with Gasteiger partial charge in [-0.1, -0.05) is 62.7 Å². The molecule has 4 heteroatoms. The third kappa shape index (κ3) is 5.75. The maximum atomic E-state index is 5.55. The molecule has 134 valence electrons. The molecule has 0 bridgehead atoms. The zero-order valence-electron chi connectivity index (χ0n) is 15.8. The third-order valence-corrected chi connectivity index (χ3v) is 4.45. The van der Waals surface area contributed by atoms with Gasteiger partial charge in [-0.2, -0.15) is 0 Å². The summed E-state index contributed by atoms with van der Waals surface area (Å²) in [4.78, 5) is 0. The first-order chi connectivity index (χ1) is 11.8. The molecule has 0 saturated heterocycles. The highest BCUT2D eigenvalue weighted by atomic mass is 32.1. The standard InChI is InChI=1S/C21H28N2OS/c1-15-6-8-16(9-7-15)13-22-20(25)23-14-17-10-11-18(21(2,3)4)12-19(17)24-5/h6-12H,13-14H2,1-5H3,(H2,22,23,25). The topological polar surface area (TPSA) is 33.3 Å². The van der Waals surface area contributed by atoms with Crippen LogP contribution in [0.1, 0.15) is 43.0 Å². The zero-order chi connectivity index (χ0) is 18.4. The van der Waals surface area contributed by atoms with Crippen LogP contribution in [0.5, 0.6) is 5.75 Å². The molecule has 0 amide bonds. The minimum Gasteiger partial charge on any atom is -0.496 e. The lowest BCUT2D eigenvalue weighted by molar-refractivity contribution is 0.407. The fourth-order valence-electron chi connectivity index (χ4n) is 2.48. The Balaban J connectivity index is 1.91. The molecule has 0 aromatic heterocycles. The van der Waals surface area contributed by atoms with Gasteiger partial charge in [-0.3, -0.25) is 0 Å². The van der Waals surface area contributed by atoms with Crippen molar-refractivity contribution in [2.75, 3.05) is 7.11 Å². The molecule has 2 aromatic carbocycles. The Kier molecular flexibility index (Phi) is 6.43. The van der Waals surface area contributed by atoms with Crippen LogP contribution in [0, 0.1) is 6.92 Å². The van der Waals surface area contributed by atoms with Crippen LogP contribution in [-0.2, 0) is 18.5 Å². The lowest BCUT2D eigenvalue weighted by atomic mass is 9.86. The van der Waals surface area contributed by atoms with E-state index in [9.17, 15) is 0 Å². The van der Waals surface area contributed by atoms with E-state index in [4.69, 9.17) is 17.0 Å². The van der Waals surface area contributed by atoms with Crippen LogP contribution in [0.3, 0.4) is 0 Å². The number of ether oxygens (including phenoxy) is 1. The van der Waals surface area contributed by atoms with Gasteiger partial charge in [0.1, 0.15) is 5.75 Å². The van der Waals surface area contributed by atoms with Gasteiger partial charge in [0.05, 0.1) is 7.11 Å². The van der Waals surface area contributed by atoms with Gasteiger partial charge < -0.3 is 15.4 Å². The molecule has 0 unspecified atom stereocenters. The Morgan fingerprint density at radius 1 is 1.00 bits per heavy atom. The minimum absolute atomic E-state index is 0.101. The fraction of sp³-hybridized carbons (Fsp3) is 0.381. The predicted molar refractivity (Wildman–Crippen MR) is 109 cm³/mol. The van der Waals surface area contributed by atoms with Gasteiger partial charge in [-0.05, 0) is 41.7 Å². The van der Waals surface area contributed by atoms with Gasteiger partial charge in [0.25, 0.3) is 0 Å². The van der Waals surface area contributed by atoms with Crippen molar-refractivity contribution in [3.8, 4) is 5.75 Å². The molecule has 0 radical (unpaired) electrons. The van der Waals surface area contributed by atoms with Crippen LogP contribution in [-0.4, -0.2) is 12.2 Å². The smallest absolute Gasteiger partial charge is 0.166 e.